The summed E-state index contributed by atoms with van der Waals surface area (Å²) in [6, 6.07) is 16.1. The molecule has 1 amide bonds. The molecule has 5 nitrogen and oxygen atoms in total. The van der Waals surface area contributed by atoms with Gasteiger partial charge in [-0.1, -0.05) is 42.0 Å². The molecule has 3 aromatic carbocycles. The van der Waals surface area contributed by atoms with Crippen molar-refractivity contribution in [3.05, 3.63) is 93.5 Å². The van der Waals surface area contributed by atoms with E-state index >= 15 is 0 Å². The van der Waals surface area contributed by atoms with Gasteiger partial charge in [0.1, 0.15) is 0 Å². The van der Waals surface area contributed by atoms with Gasteiger partial charge < -0.3 is 5.32 Å². The molecule has 0 aliphatic carbocycles. The maximum absolute atomic E-state index is 13.1. The molecule has 32 heavy (non-hydrogen) atoms. The summed E-state index contributed by atoms with van der Waals surface area (Å²) in [6.45, 7) is 11.5. The van der Waals surface area contributed by atoms with Crippen molar-refractivity contribution in [3.63, 3.8) is 0 Å². The summed E-state index contributed by atoms with van der Waals surface area (Å²) in [7, 11) is -3.86. The van der Waals surface area contributed by atoms with Crippen molar-refractivity contribution < 1.29 is 13.2 Å². The molecule has 0 heterocycles. The largest absolute Gasteiger partial charge is 0.346 e. The highest BCUT2D eigenvalue weighted by molar-refractivity contribution is 7.92. The van der Waals surface area contributed by atoms with Crippen molar-refractivity contribution in [1.29, 1.82) is 0 Å². The van der Waals surface area contributed by atoms with Crippen LogP contribution in [0.3, 0.4) is 0 Å². The van der Waals surface area contributed by atoms with Crippen LogP contribution in [0, 0.1) is 34.6 Å². The van der Waals surface area contributed by atoms with E-state index in [9.17, 15) is 13.2 Å². The van der Waals surface area contributed by atoms with Gasteiger partial charge in [-0.2, -0.15) is 0 Å². The molecule has 2 N–H and O–H groups in total. The Bertz CT molecular complexity index is 1280. The van der Waals surface area contributed by atoms with Gasteiger partial charge in [0.2, 0.25) is 0 Å². The van der Waals surface area contributed by atoms with Crippen LogP contribution in [0.15, 0.2) is 59.5 Å². The Labute approximate surface area is 190 Å². The summed E-state index contributed by atoms with van der Waals surface area (Å²) in [4.78, 5) is 13.0. The van der Waals surface area contributed by atoms with E-state index in [1.54, 1.807) is 25.1 Å². The molecule has 0 aliphatic heterocycles. The van der Waals surface area contributed by atoms with Gasteiger partial charge in [-0.15, -0.1) is 0 Å². The summed E-state index contributed by atoms with van der Waals surface area (Å²) < 4.78 is 28.9. The molecule has 0 radical (unpaired) electrons. The van der Waals surface area contributed by atoms with Gasteiger partial charge in [0.25, 0.3) is 15.9 Å². The second kappa shape index (κ2) is 9.17. The molecule has 1 unspecified atom stereocenters. The molecule has 3 aromatic rings. The first-order valence-corrected chi connectivity index (χ1v) is 12.1. The van der Waals surface area contributed by atoms with E-state index in [4.69, 9.17) is 0 Å². The van der Waals surface area contributed by atoms with Crippen LogP contribution in [-0.4, -0.2) is 14.3 Å². The van der Waals surface area contributed by atoms with E-state index in [-0.39, 0.29) is 16.8 Å². The van der Waals surface area contributed by atoms with Crippen LogP contribution in [0.25, 0.3) is 0 Å². The van der Waals surface area contributed by atoms with Gasteiger partial charge in [-0.25, -0.2) is 8.42 Å². The quantitative estimate of drug-likeness (QED) is 0.519. The zero-order valence-electron chi connectivity index (χ0n) is 19.4. The predicted octanol–water partition coefficient (Wildman–Crippen LogP) is 5.52. The van der Waals surface area contributed by atoms with Crippen LogP contribution < -0.4 is 10.0 Å². The van der Waals surface area contributed by atoms with Crippen molar-refractivity contribution in [3.8, 4) is 0 Å². The first-order chi connectivity index (χ1) is 15.0. The zero-order valence-corrected chi connectivity index (χ0v) is 20.2. The van der Waals surface area contributed by atoms with Crippen LogP contribution in [0.4, 0.5) is 5.69 Å². The second-order valence-electron chi connectivity index (χ2n) is 8.39. The van der Waals surface area contributed by atoms with E-state index in [1.807, 2.05) is 58.9 Å². The number of sulfonamides is 1. The predicted molar refractivity (Wildman–Crippen MR) is 130 cm³/mol. The Morgan fingerprint density at radius 3 is 2.25 bits per heavy atom. The molecule has 0 bridgehead atoms. The fraction of sp³-hybridized carbons (Fsp3) is 0.269. The molecule has 0 saturated carbocycles. The number of nitrogens with one attached hydrogen (secondary N) is 2. The highest BCUT2D eigenvalue weighted by Gasteiger charge is 2.21. The summed E-state index contributed by atoms with van der Waals surface area (Å²) in [6.07, 6.45) is 0. The Morgan fingerprint density at radius 2 is 1.56 bits per heavy atom. The number of anilines is 1. The Hall–Kier alpha value is -3.12. The molecule has 3 rings (SSSR count). The highest BCUT2D eigenvalue weighted by Crippen LogP contribution is 2.25. The third-order valence-electron chi connectivity index (χ3n) is 5.83. The van der Waals surface area contributed by atoms with E-state index in [0.717, 1.165) is 27.8 Å². The number of hydrogen-bond donors (Lipinski definition) is 2. The second-order valence-corrected chi connectivity index (χ2v) is 10.0. The lowest BCUT2D eigenvalue weighted by Gasteiger charge is -2.18. The van der Waals surface area contributed by atoms with Crippen molar-refractivity contribution in [2.75, 3.05) is 4.72 Å². The molecule has 1 atom stereocenters. The van der Waals surface area contributed by atoms with E-state index in [1.165, 1.54) is 6.07 Å². The molecule has 0 fully saturated rings. The third kappa shape index (κ3) is 5.02. The molecular weight excluding hydrogens is 420 g/mol. The summed E-state index contributed by atoms with van der Waals surface area (Å²) in [5, 5.41) is 2.98. The summed E-state index contributed by atoms with van der Waals surface area (Å²) >= 11 is 0. The first kappa shape index (κ1) is 23.5. The monoisotopic (exact) mass is 450 g/mol. The van der Waals surface area contributed by atoms with Crippen molar-refractivity contribution >= 4 is 21.6 Å². The number of rotatable bonds is 6. The SMILES string of the molecule is Cc1ccc(C(C)NC(=O)c2ccc(C)c(S(=O)(=O)Nc3cccc(C)c3C)c2)c(C)c1. The molecular formula is C26H30N2O3S. The smallest absolute Gasteiger partial charge is 0.262 e. The van der Waals surface area contributed by atoms with Crippen molar-refractivity contribution in [2.24, 2.45) is 0 Å². The highest BCUT2D eigenvalue weighted by atomic mass is 32.2. The Balaban J connectivity index is 1.87. The van der Waals surface area contributed by atoms with Gasteiger partial charge >= 0.3 is 0 Å². The van der Waals surface area contributed by atoms with E-state index < -0.39 is 10.0 Å². The summed E-state index contributed by atoms with van der Waals surface area (Å²) in [5.74, 6) is -0.319. The van der Waals surface area contributed by atoms with Crippen molar-refractivity contribution in [1.82, 2.24) is 5.32 Å². The maximum Gasteiger partial charge on any atom is 0.262 e. The molecule has 0 aromatic heterocycles. The van der Waals surface area contributed by atoms with Crippen LogP contribution in [0.5, 0.6) is 0 Å². The van der Waals surface area contributed by atoms with Gasteiger partial charge in [-0.3, -0.25) is 9.52 Å². The molecule has 0 saturated heterocycles. The standard InChI is InChI=1S/C26H30N2O3S/c1-16-10-13-23(19(4)14-16)21(6)27-26(29)22-12-11-18(3)25(15-22)32(30,31)28-24-9-7-8-17(2)20(24)5/h7-15,21,28H,1-6H3,(H,27,29). The molecule has 0 spiro atoms. The maximum atomic E-state index is 13.1. The van der Waals surface area contributed by atoms with Crippen LogP contribution in [-0.2, 0) is 10.0 Å². The lowest BCUT2D eigenvalue weighted by atomic mass is 10.00. The average molecular weight is 451 g/mol. The van der Waals surface area contributed by atoms with E-state index in [0.29, 0.717) is 16.8 Å². The zero-order chi connectivity index (χ0) is 23.6. The minimum Gasteiger partial charge on any atom is -0.346 e. The first-order valence-electron chi connectivity index (χ1n) is 10.6. The number of benzene rings is 3. The van der Waals surface area contributed by atoms with Crippen LogP contribution in [0.2, 0.25) is 0 Å². The van der Waals surface area contributed by atoms with Gasteiger partial charge in [0.15, 0.2) is 0 Å². The normalized spacial score (nSPS) is 12.3. The Morgan fingerprint density at radius 1 is 0.844 bits per heavy atom. The van der Waals surface area contributed by atoms with E-state index in [2.05, 4.69) is 16.1 Å². The number of carbonyl (C=O) groups excluding carboxylic acids is 1. The Kier molecular flexibility index (Phi) is 6.74. The van der Waals surface area contributed by atoms with Gasteiger partial charge in [-0.05, 0) is 87.6 Å². The fourth-order valence-electron chi connectivity index (χ4n) is 3.76. The molecule has 6 heteroatoms. The summed E-state index contributed by atoms with van der Waals surface area (Å²) in [5.41, 5.74) is 6.55. The molecule has 168 valence electrons. The minimum atomic E-state index is -3.86. The molecule has 0 aliphatic rings. The number of aryl methyl sites for hydroxylation is 4. The van der Waals surface area contributed by atoms with Gasteiger partial charge in [0, 0.05) is 5.56 Å². The van der Waals surface area contributed by atoms with Gasteiger partial charge in [0.05, 0.1) is 16.6 Å². The van der Waals surface area contributed by atoms with Crippen LogP contribution in [0.1, 0.15) is 56.7 Å². The average Bonchev–Trinajstić information content (AvgIpc) is 2.71. The van der Waals surface area contributed by atoms with Crippen LogP contribution >= 0.6 is 0 Å². The number of amides is 1. The lowest BCUT2D eigenvalue weighted by Crippen LogP contribution is -2.27. The van der Waals surface area contributed by atoms with Crippen molar-refractivity contribution in [2.45, 2.75) is 52.5 Å². The number of hydrogen-bond acceptors (Lipinski definition) is 3. The minimum absolute atomic E-state index is 0.0882. The fourth-order valence-corrected chi connectivity index (χ4v) is 5.16. The third-order valence-corrected chi connectivity index (χ3v) is 7.34. The topological polar surface area (TPSA) is 75.3 Å². The lowest BCUT2D eigenvalue weighted by molar-refractivity contribution is 0.0939. The number of carbonyl (C=O) groups is 1.